The summed E-state index contributed by atoms with van der Waals surface area (Å²) < 4.78 is 0. The number of piperidine rings is 1. The van der Waals surface area contributed by atoms with E-state index in [0.29, 0.717) is 11.9 Å². The van der Waals surface area contributed by atoms with E-state index < -0.39 is 0 Å². The molecule has 26 heavy (non-hydrogen) atoms. The van der Waals surface area contributed by atoms with E-state index in [1.165, 1.54) is 24.1 Å². The number of aromatic nitrogens is 4. The summed E-state index contributed by atoms with van der Waals surface area (Å²) in [5.74, 6) is 1.88. The van der Waals surface area contributed by atoms with E-state index in [9.17, 15) is 0 Å². The van der Waals surface area contributed by atoms with E-state index in [1.54, 1.807) is 29.8 Å². The van der Waals surface area contributed by atoms with Gasteiger partial charge in [0.1, 0.15) is 5.82 Å². The minimum atomic E-state index is 0.517. The summed E-state index contributed by atoms with van der Waals surface area (Å²) in [6, 6.07) is 6.05. The average molecular weight is 366 g/mol. The fourth-order valence-electron chi connectivity index (χ4n) is 3.43. The molecule has 0 aliphatic carbocycles. The van der Waals surface area contributed by atoms with Gasteiger partial charge in [0, 0.05) is 37.1 Å². The number of nitrogens with one attached hydrogen (secondary N) is 1. The fourth-order valence-corrected chi connectivity index (χ4v) is 4.03. The summed E-state index contributed by atoms with van der Waals surface area (Å²) >= 11 is 1.73. The number of pyridine rings is 1. The number of aryl methyl sites for hydroxylation is 1. The molecule has 1 atom stereocenters. The lowest BCUT2D eigenvalue weighted by molar-refractivity contribution is 0.198. The predicted octanol–water partition coefficient (Wildman–Crippen LogP) is 3.76. The van der Waals surface area contributed by atoms with E-state index in [0.717, 1.165) is 30.5 Å². The number of anilines is 2. The second-order valence-corrected chi connectivity index (χ2v) is 7.67. The van der Waals surface area contributed by atoms with Crippen LogP contribution in [0, 0.1) is 6.92 Å². The molecule has 1 aliphatic heterocycles. The third-order valence-electron chi connectivity index (χ3n) is 4.62. The van der Waals surface area contributed by atoms with E-state index in [2.05, 4.69) is 54.6 Å². The van der Waals surface area contributed by atoms with Gasteiger partial charge in [-0.05, 0) is 56.0 Å². The molecule has 0 aromatic carbocycles. The van der Waals surface area contributed by atoms with Gasteiger partial charge in [-0.15, -0.1) is 11.3 Å². The van der Waals surface area contributed by atoms with Crippen LogP contribution >= 0.6 is 11.3 Å². The first-order valence-electron chi connectivity index (χ1n) is 8.89. The highest BCUT2D eigenvalue weighted by Crippen LogP contribution is 2.29. The number of hydrogen-bond donors (Lipinski definition) is 1. The van der Waals surface area contributed by atoms with Gasteiger partial charge in [0.25, 0.3) is 0 Å². The minimum Gasteiger partial charge on any atom is -0.309 e. The molecule has 6 nitrogen and oxygen atoms in total. The molecule has 1 saturated heterocycles. The van der Waals surface area contributed by atoms with E-state index in [-0.39, 0.29) is 0 Å². The van der Waals surface area contributed by atoms with Crippen LogP contribution in [-0.2, 0) is 6.54 Å². The van der Waals surface area contributed by atoms with Gasteiger partial charge in [0.15, 0.2) is 0 Å². The lowest BCUT2D eigenvalue weighted by Crippen LogP contribution is -2.34. The summed E-state index contributed by atoms with van der Waals surface area (Å²) in [5.41, 5.74) is 2.50. The van der Waals surface area contributed by atoms with Crippen LogP contribution in [0.25, 0.3) is 0 Å². The Morgan fingerprint density at radius 3 is 2.92 bits per heavy atom. The summed E-state index contributed by atoms with van der Waals surface area (Å²) in [6.45, 7) is 5.20. The third-order valence-corrected chi connectivity index (χ3v) is 5.44. The van der Waals surface area contributed by atoms with Gasteiger partial charge in [0.05, 0.1) is 10.7 Å². The van der Waals surface area contributed by atoms with Crippen molar-refractivity contribution < 1.29 is 0 Å². The molecule has 0 radical (unpaired) electrons. The van der Waals surface area contributed by atoms with Crippen LogP contribution < -0.4 is 5.32 Å². The fraction of sp³-hybridized carbons (Fsp3) is 0.368. The smallest absolute Gasteiger partial charge is 0.228 e. The van der Waals surface area contributed by atoms with Gasteiger partial charge in [-0.1, -0.05) is 0 Å². The molecule has 3 aromatic heterocycles. The maximum absolute atomic E-state index is 4.61. The molecule has 1 unspecified atom stereocenters. The Morgan fingerprint density at radius 1 is 1.23 bits per heavy atom. The van der Waals surface area contributed by atoms with Gasteiger partial charge in [-0.3, -0.25) is 4.90 Å². The van der Waals surface area contributed by atoms with Crippen LogP contribution in [0.15, 0.2) is 42.2 Å². The molecule has 0 saturated carbocycles. The van der Waals surface area contributed by atoms with Crippen molar-refractivity contribution in [2.45, 2.75) is 32.2 Å². The largest absolute Gasteiger partial charge is 0.309 e. The van der Waals surface area contributed by atoms with Crippen molar-refractivity contribution in [2.24, 2.45) is 0 Å². The van der Waals surface area contributed by atoms with E-state index in [1.807, 2.05) is 6.20 Å². The lowest BCUT2D eigenvalue weighted by Gasteiger charge is -2.32. The summed E-state index contributed by atoms with van der Waals surface area (Å²) in [6.07, 6.45) is 7.72. The normalized spacial score (nSPS) is 18.0. The Kier molecular flexibility index (Phi) is 5.17. The molecule has 0 spiro atoms. The van der Waals surface area contributed by atoms with Crippen LogP contribution in [0.5, 0.6) is 0 Å². The van der Waals surface area contributed by atoms with Gasteiger partial charge in [0.2, 0.25) is 5.95 Å². The molecule has 1 N–H and O–H groups in total. The van der Waals surface area contributed by atoms with E-state index in [4.69, 9.17) is 0 Å². The predicted molar refractivity (Wildman–Crippen MR) is 104 cm³/mol. The molecular formula is C19H22N6S. The Balaban J connectivity index is 1.44. The van der Waals surface area contributed by atoms with Crippen LogP contribution in [0.1, 0.15) is 35.0 Å². The van der Waals surface area contributed by atoms with Crippen molar-refractivity contribution in [1.29, 1.82) is 0 Å². The topological polar surface area (TPSA) is 66.8 Å². The highest BCUT2D eigenvalue weighted by atomic mass is 32.1. The molecule has 0 amide bonds. The number of hydrogen-bond acceptors (Lipinski definition) is 7. The zero-order valence-corrected chi connectivity index (χ0v) is 15.6. The molecule has 4 rings (SSSR count). The lowest BCUT2D eigenvalue weighted by atomic mass is 9.91. The first kappa shape index (κ1) is 17.1. The zero-order valence-electron chi connectivity index (χ0n) is 14.8. The van der Waals surface area contributed by atoms with E-state index >= 15 is 0 Å². The third kappa shape index (κ3) is 4.23. The quantitative estimate of drug-likeness (QED) is 0.742. The second kappa shape index (κ2) is 7.88. The van der Waals surface area contributed by atoms with Crippen LogP contribution in [0.2, 0.25) is 0 Å². The SMILES string of the molecule is Cc1nc(CN2CCCC(c3ccnc(Nc4ncccn4)c3)C2)cs1. The van der Waals surface area contributed by atoms with Gasteiger partial charge < -0.3 is 5.32 Å². The highest BCUT2D eigenvalue weighted by molar-refractivity contribution is 7.09. The Hall–Kier alpha value is -2.38. The summed E-state index contributed by atoms with van der Waals surface area (Å²) in [7, 11) is 0. The Bertz CT molecular complexity index is 850. The van der Waals surface area contributed by atoms with Crippen molar-refractivity contribution in [3.63, 3.8) is 0 Å². The van der Waals surface area contributed by atoms with Crippen LogP contribution in [0.4, 0.5) is 11.8 Å². The van der Waals surface area contributed by atoms with Crippen molar-refractivity contribution in [3.8, 4) is 0 Å². The van der Waals surface area contributed by atoms with Crippen molar-refractivity contribution in [1.82, 2.24) is 24.8 Å². The first-order valence-corrected chi connectivity index (χ1v) is 9.77. The van der Waals surface area contributed by atoms with Crippen LogP contribution in [0.3, 0.4) is 0 Å². The number of likely N-dealkylation sites (tertiary alicyclic amines) is 1. The standard InChI is InChI=1S/C19H22N6S/c1-14-23-17(13-26-14)12-25-9-2-4-16(11-25)15-5-8-20-18(10-15)24-19-21-6-3-7-22-19/h3,5-8,10,13,16H,2,4,9,11-12H2,1H3,(H,20,21,22,24). The van der Waals surface area contributed by atoms with Gasteiger partial charge in [-0.2, -0.15) is 0 Å². The van der Waals surface area contributed by atoms with Crippen molar-refractivity contribution >= 4 is 23.1 Å². The first-order chi connectivity index (χ1) is 12.8. The number of rotatable bonds is 5. The van der Waals surface area contributed by atoms with Gasteiger partial charge in [-0.25, -0.2) is 19.9 Å². The zero-order chi connectivity index (χ0) is 17.8. The second-order valence-electron chi connectivity index (χ2n) is 6.60. The molecule has 0 bridgehead atoms. The maximum Gasteiger partial charge on any atom is 0.228 e. The number of nitrogens with zero attached hydrogens (tertiary/aromatic N) is 5. The highest BCUT2D eigenvalue weighted by Gasteiger charge is 2.22. The van der Waals surface area contributed by atoms with Crippen molar-refractivity contribution in [3.05, 3.63) is 58.4 Å². The number of thiazole rings is 1. The molecule has 3 aromatic rings. The minimum absolute atomic E-state index is 0.517. The average Bonchev–Trinajstić information content (AvgIpc) is 3.08. The molecule has 1 fully saturated rings. The summed E-state index contributed by atoms with van der Waals surface area (Å²) in [5, 5.41) is 6.50. The van der Waals surface area contributed by atoms with Gasteiger partial charge >= 0.3 is 0 Å². The molecule has 1 aliphatic rings. The monoisotopic (exact) mass is 366 g/mol. The molecular weight excluding hydrogens is 344 g/mol. The molecule has 134 valence electrons. The molecule has 7 heteroatoms. The van der Waals surface area contributed by atoms with Crippen molar-refractivity contribution in [2.75, 3.05) is 18.4 Å². The van der Waals surface area contributed by atoms with Crippen LogP contribution in [-0.4, -0.2) is 37.9 Å². The summed E-state index contributed by atoms with van der Waals surface area (Å²) in [4.78, 5) is 19.9. The Labute approximate surface area is 157 Å². The molecule has 4 heterocycles. The Morgan fingerprint density at radius 2 is 2.12 bits per heavy atom. The maximum atomic E-state index is 4.61.